The van der Waals surface area contributed by atoms with Crippen LogP contribution in [-0.2, 0) is 5.41 Å². The Labute approximate surface area is 131 Å². The summed E-state index contributed by atoms with van der Waals surface area (Å²) in [5, 5.41) is 3.77. The van der Waals surface area contributed by atoms with E-state index in [0.717, 1.165) is 24.9 Å². The fourth-order valence-corrected chi connectivity index (χ4v) is 4.11. The van der Waals surface area contributed by atoms with Crippen molar-refractivity contribution in [3.8, 4) is 0 Å². The Morgan fingerprint density at radius 1 is 1.10 bits per heavy atom. The smallest absolute Gasteiger partial charge is 0.0103 e. The fourth-order valence-electron chi connectivity index (χ4n) is 4.11. The van der Waals surface area contributed by atoms with Crippen LogP contribution in [0.25, 0.3) is 0 Å². The lowest BCUT2D eigenvalue weighted by Gasteiger charge is -2.43. The lowest BCUT2D eigenvalue weighted by atomic mass is 9.63. The number of nitrogens with one attached hydrogen (secondary N) is 1. The molecule has 118 valence electrons. The number of rotatable bonds is 7. The predicted octanol–water partition coefficient (Wildman–Crippen LogP) is 5.16. The molecule has 0 aliphatic heterocycles. The van der Waals surface area contributed by atoms with Crippen molar-refractivity contribution in [1.29, 1.82) is 0 Å². The van der Waals surface area contributed by atoms with E-state index in [0.29, 0.717) is 5.41 Å². The molecule has 1 aromatic rings. The third-order valence-corrected chi connectivity index (χ3v) is 5.36. The van der Waals surface area contributed by atoms with Gasteiger partial charge in [-0.3, -0.25) is 0 Å². The van der Waals surface area contributed by atoms with Crippen LogP contribution in [0.2, 0.25) is 0 Å². The first kappa shape index (κ1) is 16.5. The molecule has 1 fully saturated rings. The molecule has 1 aromatic carbocycles. The van der Waals surface area contributed by atoms with E-state index in [1.165, 1.54) is 38.5 Å². The van der Waals surface area contributed by atoms with Gasteiger partial charge >= 0.3 is 0 Å². The first-order valence-electron chi connectivity index (χ1n) is 8.95. The summed E-state index contributed by atoms with van der Waals surface area (Å²) in [6, 6.07) is 11.3. The van der Waals surface area contributed by atoms with Crippen LogP contribution in [0, 0.1) is 11.8 Å². The van der Waals surface area contributed by atoms with E-state index in [1.807, 2.05) is 0 Å². The minimum Gasteiger partial charge on any atom is -0.316 e. The summed E-state index contributed by atoms with van der Waals surface area (Å²) in [7, 11) is 0. The zero-order valence-corrected chi connectivity index (χ0v) is 14.2. The molecule has 1 aliphatic rings. The van der Waals surface area contributed by atoms with Gasteiger partial charge < -0.3 is 5.32 Å². The molecular formula is C20H33N. The zero-order valence-electron chi connectivity index (χ0n) is 14.2. The lowest BCUT2D eigenvalue weighted by Crippen LogP contribution is -2.45. The Morgan fingerprint density at radius 3 is 2.33 bits per heavy atom. The lowest BCUT2D eigenvalue weighted by molar-refractivity contribution is 0.186. The minimum atomic E-state index is 0.330. The highest BCUT2D eigenvalue weighted by atomic mass is 14.9. The third-order valence-electron chi connectivity index (χ3n) is 5.36. The Kier molecular flexibility index (Phi) is 6.29. The van der Waals surface area contributed by atoms with Crippen LogP contribution in [0.4, 0.5) is 0 Å². The maximum Gasteiger partial charge on any atom is 0.0103 e. The highest BCUT2D eigenvalue weighted by Crippen LogP contribution is 2.43. The molecule has 1 nitrogen and oxygen atoms in total. The van der Waals surface area contributed by atoms with Crippen LogP contribution < -0.4 is 5.32 Å². The summed E-state index contributed by atoms with van der Waals surface area (Å²) < 4.78 is 0. The summed E-state index contributed by atoms with van der Waals surface area (Å²) in [6.45, 7) is 9.24. The molecule has 1 aliphatic carbocycles. The molecule has 2 rings (SSSR count). The Bertz CT molecular complexity index is 392. The van der Waals surface area contributed by atoms with Crippen LogP contribution in [0.1, 0.15) is 64.9 Å². The maximum absolute atomic E-state index is 3.77. The molecule has 0 amide bonds. The van der Waals surface area contributed by atoms with Crippen LogP contribution in [0.15, 0.2) is 30.3 Å². The number of benzene rings is 1. The van der Waals surface area contributed by atoms with Gasteiger partial charge in [0.2, 0.25) is 0 Å². The summed E-state index contributed by atoms with van der Waals surface area (Å²) in [5.74, 6) is 1.57. The van der Waals surface area contributed by atoms with Crippen molar-refractivity contribution in [2.45, 2.75) is 64.7 Å². The topological polar surface area (TPSA) is 12.0 Å². The Morgan fingerprint density at radius 2 is 1.76 bits per heavy atom. The predicted molar refractivity (Wildman–Crippen MR) is 92.7 cm³/mol. The highest BCUT2D eigenvalue weighted by Gasteiger charge is 2.38. The Hall–Kier alpha value is -0.820. The van der Waals surface area contributed by atoms with Crippen LogP contribution in [0.5, 0.6) is 0 Å². The number of hydrogen-bond acceptors (Lipinski definition) is 1. The summed E-state index contributed by atoms with van der Waals surface area (Å²) in [5.41, 5.74) is 1.88. The second-order valence-corrected chi connectivity index (χ2v) is 7.24. The van der Waals surface area contributed by atoms with Gasteiger partial charge in [0, 0.05) is 12.0 Å². The minimum absolute atomic E-state index is 0.330. The van der Waals surface area contributed by atoms with Crippen molar-refractivity contribution in [3.05, 3.63) is 35.9 Å². The van der Waals surface area contributed by atoms with Crippen molar-refractivity contribution in [2.75, 3.05) is 13.1 Å². The van der Waals surface area contributed by atoms with Gasteiger partial charge in [0.15, 0.2) is 0 Å². The van der Waals surface area contributed by atoms with Crippen molar-refractivity contribution in [2.24, 2.45) is 11.8 Å². The van der Waals surface area contributed by atoms with Gasteiger partial charge in [-0.05, 0) is 43.2 Å². The van der Waals surface area contributed by atoms with E-state index in [-0.39, 0.29) is 0 Å². The van der Waals surface area contributed by atoms with E-state index in [2.05, 4.69) is 56.4 Å². The van der Waals surface area contributed by atoms with Gasteiger partial charge in [0.05, 0.1) is 0 Å². The summed E-state index contributed by atoms with van der Waals surface area (Å²) >= 11 is 0. The van der Waals surface area contributed by atoms with Gasteiger partial charge in [-0.1, -0.05) is 70.4 Å². The Balaban J connectivity index is 2.22. The van der Waals surface area contributed by atoms with Gasteiger partial charge in [-0.2, -0.15) is 0 Å². The fraction of sp³-hybridized carbons (Fsp3) is 0.700. The normalized spacial score (nSPS) is 19.6. The molecule has 0 bridgehead atoms. The maximum atomic E-state index is 3.77. The van der Waals surface area contributed by atoms with Gasteiger partial charge in [-0.25, -0.2) is 0 Å². The highest BCUT2D eigenvalue weighted by molar-refractivity contribution is 5.27. The largest absolute Gasteiger partial charge is 0.316 e. The zero-order chi connectivity index (χ0) is 15.1. The summed E-state index contributed by atoms with van der Waals surface area (Å²) in [4.78, 5) is 0. The average molecular weight is 287 g/mol. The SMILES string of the molecule is CCC(CNCC(C)C)(c1ccccc1)C1CCCCC1. The standard InChI is InChI=1S/C20H33N/c1-4-20(16-21-15-17(2)3,18-11-7-5-8-12-18)19-13-9-6-10-14-19/h5,7-8,11-12,17,19,21H,4,6,9-10,13-16H2,1-3H3. The van der Waals surface area contributed by atoms with E-state index in [1.54, 1.807) is 5.56 Å². The molecule has 1 saturated carbocycles. The quantitative estimate of drug-likeness (QED) is 0.730. The molecule has 0 heterocycles. The second kappa shape index (κ2) is 7.98. The third kappa shape index (κ3) is 4.10. The average Bonchev–Trinajstić information content (AvgIpc) is 2.53. The molecule has 0 spiro atoms. The van der Waals surface area contributed by atoms with Crippen molar-refractivity contribution >= 4 is 0 Å². The molecule has 0 saturated heterocycles. The first-order chi connectivity index (χ1) is 10.2. The molecule has 21 heavy (non-hydrogen) atoms. The molecule has 1 heteroatoms. The van der Waals surface area contributed by atoms with Crippen molar-refractivity contribution in [3.63, 3.8) is 0 Å². The molecule has 1 unspecified atom stereocenters. The molecule has 0 aromatic heterocycles. The molecule has 1 N–H and O–H groups in total. The van der Waals surface area contributed by atoms with Crippen LogP contribution in [0.3, 0.4) is 0 Å². The van der Waals surface area contributed by atoms with Crippen molar-refractivity contribution in [1.82, 2.24) is 5.32 Å². The van der Waals surface area contributed by atoms with E-state index in [4.69, 9.17) is 0 Å². The second-order valence-electron chi connectivity index (χ2n) is 7.24. The van der Waals surface area contributed by atoms with E-state index < -0.39 is 0 Å². The molecule has 1 atom stereocenters. The van der Waals surface area contributed by atoms with Crippen LogP contribution >= 0.6 is 0 Å². The molecule has 0 radical (unpaired) electrons. The van der Waals surface area contributed by atoms with Crippen molar-refractivity contribution < 1.29 is 0 Å². The monoisotopic (exact) mass is 287 g/mol. The van der Waals surface area contributed by atoms with Gasteiger partial charge in [0.1, 0.15) is 0 Å². The first-order valence-corrected chi connectivity index (χ1v) is 8.95. The van der Waals surface area contributed by atoms with Gasteiger partial charge in [-0.15, -0.1) is 0 Å². The van der Waals surface area contributed by atoms with Crippen LogP contribution in [-0.4, -0.2) is 13.1 Å². The van der Waals surface area contributed by atoms with Gasteiger partial charge in [0.25, 0.3) is 0 Å². The molecular weight excluding hydrogens is 254 g/mol. The summed E-state index contributed by atoms with van der Waals surface area (Å²) in [6.07, 6.45) is 8.34. The van der Waals surface area contributed by atoms with E-state index in [9.17, 15) is 0 Å². The van der Waals surface area contributed by atoms with E-state index >= 15 is 0 Å². The number of hydrogen-bond donors (Lipinski definition) is 1.